The van der Waals surface area contributed by atoms with Gasteiger partial charge in [0.25, 0.3) is 0 Å². The predicted molar refractivity (Wildman–Crippen MR) is 90.5 cm³/mol. The highest BCUT2D eigenvalue weighted by molar-refractivity contribution is 5.85. The molecule has 0 aliphatic rings. The molecule has 0 unspecified atom stereocenters. The summed E-state index contributed by atoms with van der Waals surface area (Å²) in [5.41, 5.74) is 3.06. The second-order valence-corrected chi connectivity index (χ2v) is 5.14. The molecule has 4 nitrogen and oxygen atoms in total. The molecule has 0 bridgehead atoms. The van der Waals surface area contributed by atoms with E-state index in [9.17, 15) is 4.79 Å². The second-order valence-electron chi connectivity index (χ2n) is 5.14. The predicted octanol–water partition coefficient (Wildman–Crippen LogP) is 4.01. The van der Waals surface area contributed by atoms with Crippen LogP contribution in [-0.4, -0.2) is 11.3 Å². The van der Waals surface area contributed by atoms with Crippen molar-refractivity contribution in [2.45, 2.75) is 6.61 Å². The quantitative estimate of drug-likeness (QED) is 0.667. The van der Waals surface area contributed by atoms with Gasteiger partial charge in [0.15, 0.2) is 6.29 Å². The van der Waals surface area contributed by atoms with E-state index in [1.807, 2.05) is 42.5 Å². The zero-order chi connectivity index (χ0) is 16.8. The van der Waals surface area contributed by atoms with Gasteiger partial charge in [0.2, 0.25) is 0 Å². The first-order valence-corrected chi connectivity index (χ1v) is 7.44. The number of aldehydes is 1. The van der Waals surface area contributed by atoms with Crippen molar-refractivity contribution >= 4 is 6.29 Å². The fourth-order valence-electron chi connectivity index (χ4n) is 2.39. The summed E-state index contributed by atoms with van der Waals surface area (Å²) in [4.78, 5) is 15.7. The average molecular weight is 314 g/mol. The van der Waals surface area contributed by atoms with Crippen LogP contribution in [0.25, 0.3) is 11.3 Å². The van der Waals surface area contributed by atoms with Crippen molar-refractivity contribution in [2.24, 2.45) is 0 Å². The SMILES string of the molecule is N#Cc1cccc(-c2cccc(C=O)c2OCc2ccccc2)n1. The summed E-state index contributed by atoms with van der Waals surface area (Å²) in [6.45, 7) is 0.344. The maximum Gasteiger partial charge on any atom is 0.153 e. The van der Waals surface area contributed by atoms with Gasteiger partial charge in [-0.25, -0.2) is 4.98 Å². The molecule has 0 atom stereocenters. The van der Waals surface area contributed by atoms with Gasteiger partial charge in [0.1, 0.15) is 24.1 Å². The summed E-state index contributed by atoms with van der Waals surface area (Å²) >= 11 is 0. The van der Waals surface area contributed by atoms with Crippen molar-refractivity contribution in [2.75, 3.05) is 0 Å². The normalized spacial score (nSPS) is 9.96. The number of rotatable bonds is 5. The van der Waals surface area contributed by atoms with Crippen molar-refractivity contribution in [1.82, 2.24) is 4.98 Å². The van der Waals surface area contributed by atoms with Crippen LogP contribution in [-0.2, 0) is 6.61 Å². The molecule has 3 aromatic rings. The van der Waals surface area contributed by atoms with E-state index in [4.69, 9.17) is 10.00 Å². The number of para-hydroxylation sites is 1. The number of carbonyl (C=O) groups is 1. The summed E-state index contributed by atoms with van der Waals surface area (Å²) in [5.74, 6) is 0.471. The summed E-state index contributed by atoms with van der Waals surface area (Å²) < 4.78 is 5.92. The lowest BCUT2D eigenvalue weighted by Crippen LogP contribution is -2.01. The minimum Gasteiger partial charge on any atom is -0.487 e. The van der Waals surface area contributed by atoms with Crippen LogP contribution in [0.2, 0.25) is 0 Å². The lowest BCUT2D eigenvalue weighted by atomic mass is 10.1. The third kappa shape index (κ3) is 3.31. The summed E-state index contributed by atoms with van der Waals surface area (Å²) in [5, 5.41) is 9.03. The van der Waals surface area contributed by atoms with Gasteiger partial charge < -0.3 is 4.74 Å². The minimum atomic E-state index is 0.318. The van der Waals surface area contributed by atoms with Crippen LogP contribution < -0.4 is 4.74 Å². The van der Waals surface area contributed by atoms with Crippen molar-refractivity contribution in [3.8, 4) is 23.1 Å². The van der Waals surface area contributed by atoms with Crippen LogP contribution in [0.3, 0.4) is 0 Å². The number of pyridine rings is 1. The van der Waals surface area contributed by atoms with Crippen LogP contribution >= 0.6 is 0 Å². The van der Waals surface area contributed by atoms with Crippen molar-refractivity contribution < 1.29 is 9.53 Å². The van der Waals surface area contributed by atoms with Crippen molar-refractivity contribution in [3.05, 3.63) is 83.6 Å². The van der Waals surface area contributed by atoms with Crippen LogP contribution in [0.1, 0.15) is 21.6 Å². The van der Waals surface area contributed by atoms with E-state index >= 15 is 0 Å². The Balaban J connectivity index is 2.00. The Morgan fingerprint density at radius 2 is 1.79 bits per heavy atom. The fourth-order valence-corrected chi connectivity index (χ4v) is 2.39. The van der Waals surface area contributed by atoms with Gasteiger partial charge in [0, 0.05) is 5.56 Å². The zero-order valence-electron chi connectivity index (χ0n) is 12.8. The molecule has 3 rings (SSSR count). The van der Waals surface area contributed by atoms with Crippen molar-refractivity contribution in [3.63, 3.8) is 0 Å². The molecule has 0 aliphatic carbocycles. The van der Waals surface area contributed by atoms with Gasteiger partial charge >= 0.3 is 0 Å². The Morgan fingerprint density at radius 1 is 1.00 bits per heavy atom. The van der Waals surface area contributed by atoms with Gasteiger partial charge in [-0.3, -0.25) is 4.79 Å². The molecule has 0 N–H and O–H groups in total. The minimum absolute atomic E-state index is 0.318. The Labute approximate surface area is 140 Å². The number of hydrogen-bond donors (Lipinski definition) is 0. The maximum absolute atomic E-state index is 11.4. The molecule has 0 amide bonds. The number of carbonyl (C=O) groups excluding carboxylic acids is 1. The second kappa shape index (κ2) is 7.21. The smallest absolute Gasteiger partial charge is 0.153 e. The van der Waals surface area contributed by atoms with Gasteiger partial charge in [0.05, 0.1) is 11.3 Å². The molecule has 2 aromatic carbocycles. The molecule has 1 aromatic heterocycles. The molecule has 0 radical (unpaired) electrons. The van der Waals surface area contributed by atoms with Gasteiger partial charge in [-0.2, -0.15) is 5.26 Å². The summed E-state index contributed by atoms with van der Waals surface area (Å²) in [7, 11) is 0. The molecule has 0 saturated heterocycles. The van der Waals surface area contributed by atoms with Gasteiger partial charge in [-0.1, -0.05) is 42.5 Å². The Morgan fingerprint density at radius 3 is 2.54 bits per heavy atom. The number of benzene rings is 2. The van der Waals surface area contributed by atoms with E-state index in [1.165, 1.54) is 0 Å². The maximum atomic E-state index is 11.4. The number of aromatic nitrogens is 1. The Hall–Kier alpha value is -3.45. The van der Waals surface area contributed by atoms with Crippen LogP contribution in [0, 0.1) is 11.3 Å². The number of ether oxygens (including phenoxy) is 1. The fraction of sp³-hybridized carbons (Fsp3) is 0.0500. The molecule has 24 heavy (non-hydrogen) atoms. The monoisotopic (exact) mass is 314 g/mol. The van der Waals surface area contributed by atoms with E-state index in [1.54, 1.807) is 30.3 Å². The lowest BCUT2D eigenvalue weighted by molar-refractivity contribution is 0.111. The highest BCUT2D eigenvalue weighted by Gasteiger charge is 2.13. The number of nitriles is 1. The van der Waals surface area contributed by atoms with Crippen molar-refractivity contribution in [1.29, 1.82) is 5.26 Å². The molecule has 0 spiro atoms. The first kappa shape index (κ1) is 15.4. The lowest BCUT2D eigenvalue weighted by Gasteiger charge is -2.13. The molecule has 116 valence electrons. The molecular weight excluding hydrogens is 300 g/mol. The molecule has 0 saturated carbocycles. The first-order valence-electron chi connectivity index (χ1n) is 7.44. The van der Waals surface area contributed by atoms with Crippen LogP contribution in [0.15, 0.2) is 66.7 Å². The van der Waals surface area contributed by atoms with Gasteiger partial charge in [-0.15, -0.1) is 0 Å². The number of hydrogen-bond acceptors (Lipinski definition) is 4. The van der Waals surface area contributed by atoms with Crippen LogP contribution in [0.4, 0.5) is 0 Å². The molecule has 1 heterocycles. The summed E-state index contributed by atoms with van der Waals surface area (Å²) in [6, 6.07) is 22.2. The van der Waals surface area contributed by atoms with E-state index in [0.29, 0.717) is 34.9 Å². The highest BCUT2D eigenvalue weighted by Crippen LogP contribution is 2.32. The Bertz CT molecular complexity index is 899. The summed E-state index contributed by atoms with van der Waals surface area (Å²) in [6.07, 6.45) is 0.762. The largest absolute Gasteiger partial charge is 0.487 e. The van der Waals surface area contributed by atoms with Crippen LogP contribution in [0.5, 0.6) is 5.75 Å². The average Bonchev–Trinajstić information content (AvgIpc) is 2.67. The molecule has 4 heteroatoms. The standard InChI is InChI=1S/C20H14N2O2/c21-12-17-9-5-11-19(22-17)18-10-4-8-16(13-23)20(18)24-14-15-6-2-1-3-7-15/h1-11,13H,14H2. The topological polar surface area (TPSA) is 63.0 Å². The third-order valence-electron chi connectivity index (χ3n) is 3.54. The molecule has 0 fully saturated rings. The number of nitrogens with zero attached hydrogens (tertiary/aromatic N) is 2. The van der Waals surface area contributed by atoms with E-state index in [2.05, 4.69) is 4.98 Å². The van der Waals surface area contributed by atoms with E-state index in [0.717, 1.165) is 11.8 Å². The third-order valence-corrected chi connectivity index (χ3v) is 3.54. The van der Waals surface area contributed by atoms with E-state index in [-0.39, 0.29) is 0 Å². The van der Waals surface area contributed by atoms with E-state index < -0.39 is 0 Å². The molecule has 0 aliphatic heterocycles. The highest BCUT2D eigenvalue weighted by atomic mass is 16.5. The Kier molecular flexibility index (Phi) is 4.64. The molecular formula is C20H14N2O2. The first-order chi connectivity index (χ1) is 11.8. The zero-order valence-corrected chi connectivity index (χ0v) is 12.8. The van der Waals surface area contributed by atoms with Gasteiger partial charge in [-0.05, 0) is 29.8 Å².